The molecule has 0 aromatic heterocycles. The molecule has 38 heavy (non-hydrogen) atoms. The number of carbonyl (C=O) groups is 2. The molecule has 1 unspecified atom stereocenters. The predicted molar refractivity (Wildman–Crippen MR) is 141 cm³/mol. The number of carboxylic acids is 1. The summed E-state index contributed by atoms with van der Waals surface area (Å²) in [5.74, 6) is -2.14. The Morgan fingerprint density at radius 3 is 2.47 bits per heavy atom. The van der Waals surface area contributed by atoms with Gasteiger partial charge in [0, 0.05) is 22.4 Å². The smallest absolute Gasteiger partial charge is 0.307 e. The lowest BCUT2D eigenvalue weighted by atomic mass is 9.95. The fourth-order valence-electron chi connectivity index (χ4n) is 4.09. The molecule has 3 aromatic carbocycles. The second-order valence-electron chi connectivity index (χ2n) is 8.74. The summed E-state index contributed by atoms with van der Waals surface area (Å²) in [6.07, 6.45) is 0.711. The highest BCUT2D eigenvalue weighted by Crippen LogP contribution is 2.33. The van der Waals surface area contributed by atoms with E-state index in [2.05, 4.69) is 10.8 Å². The minimum Gasteiger partial charge on any atom is -0.481 e. The molecule has 0 bridgehead atoms. The molecule has 4 rings (SSSR count). The van der Waals surface area contributed by atoms with Gasteiger partial charge in [-0.2, -0.15) is 0 Å². The van der Waals surface area contributed by atoms with E-state index in [0.29, 0.717) is 39.2 Å². The summed E-state index contributed by atoms with van der Waals surface area (Å²) in [7, 11) is -3.96. The number of primary sulfonamides is 1. The van der Waals surface area contributed by atoms with Crippen LogP contribution >= 0.6 is 0 Å². The van der Waals surface area contributed by atoms with Gasteiger partial charge < -0.3 is 16.2 Å². The van der Waals surface area contributed by atoms with Crippen molar-refractivity contribution >= 4 is 39.1 Å². The van der Waals surface area contributed by atoms with Gasteiger partial charge in [-0.1, -0.05) is 42.5 Å². The number of aliphatic carboxylic acids is 1. The van der Waals surface area contributed by atoms with Crippen LogP contribution in [0, 0.1) is 12.3 Å². The van der Waals surface area contributed by atoms with Gasteiger partial charge in [0.15, 0.2) is 0 Å². The van der Waals surface area contributed by atoms with E-state index < -0.39 is 33.9 Å². The first-order valence-corrected chi connectivity index (χ1v) is 12.8. The number of sulfonamides is 1. The van der Waals surface area contributed by atoms with Crippen LogP contribution in [0.2, 0.25) is 0 Å². The number of carboxylic acid groups (broad SMARTS) is 1. The Hall–Kier alpha value is -4.52. The Bertz CT molecular complexity index is 1600. The number of benzene rings is 3. The highest BCUT2D eigenvalue weighted by molar-refractivity contribution is 7.89. The van der Waals surface area contributed by atoms with Crippen molar-refractivity contribution in [1.82, 2.24) is 5.48 Å². The lowest BCUT2D eigenvalue weighted by Gasteiger charge is -2.23. The summed E-state index contributed by atoms with van der Waals surface area (Å²) in [6.45, 7) is 1.71. The van der Waals surface area contributed by atoms with Crippen LogP contribution < -0.4 is 21.7 Å². The Morgan fingerprint density at radius 1 is 1.08 bits per heavy atom. The number of aryl methyl sites for hydroxylation is 1. The molecule has 1 heterocycles. The number of amides is 1. The quantitative estimate of drug-likeness (QED) is 0.186. The molecule has 8 N–H and O–H groups in total. The number of nitrogen functional groups attached to an aromatic ring is 1. The molecule has 0 aliphatic carbocycles. The fourth-order valence-corrected chi connectivity index (χ4v) is 4.85. The molecule has 1 aliphatic heterocycles. The fraction of sp³-hybridized carbons (Fsp3) is 0.115. The van der Waals surface area contributed by atoms with Gasteiger partial charge in [-0.3, -0.25) is 25.3 Å². The van der Waals surface area contributed by atoms with Crippen LogP contribution in [0.1, 0.15) is 23.1 Å². The Balaban J connectivity index is 1.65. The van der Waals surface area contributed by atoms with Crippen molar-refractivity contribution in [3.63, 3.8) is 0 Å². The first kappa shape index (κ1) is 26.5. The van der Waals surface area contributed by atoms with E-state index in [1.807, 2.05) is 0 Å². The van der Waals surface area contributed by atoms with Crippen LogP contribution in [0.4, 0.5) is 5.69 Å². The molecule has 0 radical (unpaired) electrons. The molecular formula is C26H25N5O6S. The average molecular weight is 536 g/mol. The first-order chi connectivity index (χ1) is 17.9. The predicted octanol–water partition coefficient (Wildman–Crippen LogP) is 2.32. The topological polar surface area (TPSA) is 198 Å². The van der Waals surface area contributed by atoms with Gasteiger partial charge in [-0.05, 0) is 48.4 Å². The van der Waals surface area contributed by atoms with Crippen LogP contribution in [0.5, 0.6) is 0 Å². The molecular weight excluding hydrogens is 510 g/mol. The third-order valence-electron chi connectivity index (χ3n) is 5.98. The standard InChI is InChI=1S/C26H25N5O6S/c1-15-11-16(19-7-2-3-8-22(19)38(29,35)36)9-10-20(15)30-25(34)26(14-23(32)33)13-21(31-37-26)17-5-4-6-18(12-17)24(27)28/h2-13,31H,14H2,1H3,(H3,27,28)(H,30,34)(H,32,33)(H2,29,35,36). The lowest BCUT2D eigenvalue weighted by molar-refractivity contribution is -0.152. The van der Waals surface area contributed by atoms with Gasteiger partial charge in [0.25, 0.3) is 5.91 Å². The minimum absolute atomic E-state index is 0.0338. The third kappa shape index (κ3) is 5.42. The van der Waals surface area contributed by atoms with Gasteiger partial charge in [0.05, 0.1) is 17.0 Å². The summed E-state index contributed by atoms with van der Waals surface area (Å²) in [5, 5.41) is 25.2. The maximum atomic E-state index is 13.4. The maximum Gasteiger partial charge on any atom is 0.307 e. The van der Waals surface area contributed by atoms with E-state index in [4.69, 9.17) is 21.1 Å². The number of nitrogens with one attached hydrogen (secondary N) is 3. The molecule has 3 aromatic rings. The molecule has 0 spiro atoms. The number of hydroxylamine groups is 1. The zero-order valence-corrected chi connectivity index (χ0v) is 21.0. The summed E-state index contributed by atoms with van der Waals surface area (Å²) in [5.41, 5.74) is 9.59. The SMILES string of the molecule is Cc1cc(-c2ccccc2S(N)(=O)=O)ccc1NC(=O)C1(CC(=O)O)C=C(c2cccc(C(=N)N)c2)NO1. The van der Waals surface area contributed by atoms with Crippen molar-refractivity contribution in [3.8, 4) is 11.1 Å². The number of carbonyl (C=O) groups excluding carboxylic acids is 1. The van der Waals surface area contributed by atoms with Crippen molar-refractivity contribution in [3.05, 3.63) is 89.5 Å². The van der Waals surface area contributed by atoms with Crippen molar-refractivity contribution in [2.45, 2.75) is 23.8 Å². The van der Waals surface area contributed by atoms with Crippen molar-refractivity contribution in [1.29, 1.82) is 5.41 Å². The molecule has 1 amide bonds. The van der Waals surface area contributed by atoms with Crippen LogP contribution in [0.15, 0.2) is 77.7 Å². The lowest BCUT2D eigenvalue weighted by Crippen LogP contribution is -2.45. The van der Waals surface area contributed by atoms with Crippen molar-refractivity contribution < 1.29 is 28.0 Å². The Kier molecular flexibility index (Phi) is 7.05. The number of anilines is 1. The van der Waals surface area contributed by atoms with Gasteiger partial charge in [0.2, 0.25) is 15.6 Å². The largest absolute Gasteiger partial charge is 0.481 e. The first-order valence-electron chi connectivity index (χ1n) is 11.3. The normalized spacial score (nSPS) is 16.8. The van der Waals surface area contributed by atoms with E-state index in [0.717, 1.165) is 0 Å². The van der Waals surface area contributed by atoms with E-state index in [-0.39, 0.29) is 10.7 Å². The molecule has 196 valence electrons. The Morgan fingerprint density at radius 2 is 1.82 bits per heavy atom. The number of rotatable bonds is 8. The van der Waals surface area contributed by atoms with Gasteiger partial charge in [0.1, 0.15) is 5.84 Å². The van der Waals surface area contributed by atoms with Crippen LogP contribution in [0.25, 0.3) is 16.8 Å². The molecule has 1 aliphatic rings. The van der Waals surface area contributed by atoms with E-state index in [9.17, 15) is 23.1 Å². The van der Waals surface area contributed by atoms with E-state index in [1.165, 1.54) is 12.1 Å². The second kappa shape index (κ2) is 10.1. The van der Waals surface area contributed by atoms with Crippen LogP contribution in [-0.4, -0.2) is 36.8 Å². The van der Waals surface area contributed by atoms with Gasteiger partial charge in [-0.25, -0.2) is 13.6 Å². The summed E-state index contributed by atoms with van der Waals surface area (Å²) in [4.78, 5) is 30.6. The zero-order valence-electron chi connectivity index (χ0n) is 20.2. The van der Waals surface area contributed by atoms with Gasteiger partial charge >= 0.3 is 5.97 Å². The van der Waals surface area contributed by atoms with Crippen LogP contribution in [-0.2, 0) is 24.4 Å². The molecule has 0 saturated heterocycles. The van der Waals surface area contributed by atoms with Crippen molar-refractivity contribution in [2.24, 2.45) is 10.9 Å². The Labute approximate surface area is 218 Å². The maximum absolute atomic E-state index is 13.4. The summed E-state index contributed by atoms with van der Waals surface area (Å²) in [6, 6.07) is 17.8. The van der Waals surface area contributed by atoms with E-state index in [1.54, 1.807) is 67.6 Å². The number of amidine groups is 1. The van der Waals surface area contributed by atoms with E-state index >= 15 is 0 Å². The highest BCUT2D eigenvalue weighted by Gasteiger charge is 2.45. The minimum atomic E-state index is -3.96. The molecule has 12 heteroatoms. The zero-order chi connectivity index (χ0) is 27.7. The average Bonchev–Trinajstić information content (AvgIpc) is 3.29. The number of hydrogen-bond acceptors (Lipinski definition) is 7. The monoisotopic (exact) mass is 535 g/mol. The highest BCUT2D eigenvalue weighted by atomic mass is 32.2. The third-order valence-corrected chi connectivity index (χ3v) is 6.95. The summed E-state index contributed by atoms with van der Waals surface area (Å²) < 4.78 is 24.0. The summed E-state index contributed by atoms with van der Waals surface area (Å²) >= 11 is 0. The number of hydrogen-bond donors (Lipinski definition) is 6. The van der Waals surface area contributed by atoms with Crippen molar-refractivity contribution in [2.75, 3.05) is 5.32 Å². The molecule has 0 fully saturated rings. The second-order valence-corrected chi connectivity index (χ2v) is 10.3. The number of nitrogens with two attached hydrogens (primary N) is 2. The molecule has 0 saturated carbocycles. The van der Waals surface area contributed by atoms with Crippen LogP contribution in [0.3, 0.4) is 0 Å². The van der Waals surface area contributed by atoms with Gasteiger partial charge in [-0.15, -0.1) is 0 Å². The molecule has 11 nitrogen and oxygen atoms in total. The molecule has 1 atom stereocenters.